The van der Waals surface area contributed by atoms with Crippen LogP contribution in [0.4, 0.5) is 0 Å². The molecule has 1 aromatic rings. The highest BCUT2D eigenvalue weighted by Gasteiger charge is 2.19. The van der Waals surface area contributed by atoms with Crippen molar-refractivity contribution in [3.8, 4) is 0 Å². The van der Waals surface area contributed by atoms with Crippen molar-refractivity contribution in [2.45, 2.75) is 5.37 Å². The highest BCUT2D eigenvalue weighted by molar-refractivity contribution is 7.98. The summed E-state index contributed by atoms with van der Waals surface area (Å²) in [5, 5.41) is 3.05. The van der Waals surface area contributed by atoms with Gasteiger partial charge in [0.05, 0.1) is 0 Å². The van der Waals surface area contributed by atoms with Crippen molar-refractivity contribution >= 4 is 35.2 Å². The van der Waals surface area contributed by atoms with Gasteiger partial charge in [-0.3, -0.25) is 4.72 Å². The average molecular weight is 238 g/mol. The number of aliphatic imine (C=N–C) groups is 1. The quantitative estimate of drug-likeness (QED) is 0.505. The molecule has 0 amide bonds. The van der Waals surface area contributed by atoms with Gasteiger partial charge in [-0.2, -0.15) is 0 Å². The molecule has 1 aromatic carbocycles. The number of nitrogens with one attached hydrogen (secondary N) is 2. The van der Waals surface area contributed by atoms with Gasteiger partial charge in [0.25, 0.3) is 0 Å². The first-order valence-electron chi connectivity index (χ1n) is 4.36. The molecule has 0 spiro atoms. The fraction of sp³-hybridized carbons (Fsp3) is 0.111. The Morgan fingerprint density at radius 1 is 1.47 bits per heavy atom. The molecule has 1 aliphatic rings. The van der Waals surface area contributed by atoms with Crippen LogP contribution in [0.15, 0.2) is 35.3 Å². The number of hydrogen-bond acceptors (Lipinski definition) is 4. The van der Waals surface area contributed by atoms with E-state index in [-0.39, 0.29) is 10.5 Å². The van der Waals surface area contributed by atoms with Crippen LogP contribution in [0, 0.1) is 0 Å². The summed E-state index contributed by atoms with van der Waals surface area (Å²) >= 11 is 6.24. The van der Waals surface area contributed by atoms with Crippen molar-refractivity contribution in [1.29, 1.82) is 0 Å². The lowest BCUT2D eigenvalue weighted by molar-refractivity contribution is 1.04. The first kappa shape index (κ1) is 10.3. The second-order valence-electron chi connectivity index (χ2n) is 2.95. The lowest BCUT2D eigenvalue weighted by atomic mass is 10.2. The molecular formula is C9H10N4S2. The van der Waals surface area contributed by atoms with Crippen LogP contribution in [0.3, 0.4) is 0 Å². The van der Waals surface area contributed by atoms with E-state index >= 15 is 0 Å². The zero-order valence-corrected chi connectivity index (χ0v) is 9.44. The highest BCUT2D eigenvalue weighted by atomic mass is 32.2. The Kier molecular flexibility index (Phi) is 3.08. The lowest BCUT2D eigenvalue weighted by Crippen LogP contribution is -2.39. The highest BCUT2D eigenvalue weighted by Crippen LogP contribution is 2.31. The van der Waals surface area contributed by atoms with Crippen LogP contribution in [0.5, 0.6) is 0 Å². The van der Waals surface area contributed by atoms with Gasteiger partial charge in [-0.05, 0) is 29.7 Å². The van der Waals surface area contributed by atoms with E-state index in [1.54, 1.807) is 0 Å². The Hall–Kier alpha value is -1.27. The van der Waals surface area contributed by atoms with E-state index in [9.17, 15) is 0 Å². The second kappa shape index (κ2) is 4.50. The molecule has 4 N–H and O–H groups in total. The van der Waals surface area contributed by atoms with Gasteiger partial charge in [0, 0.05) is 0 Å². The molecule has 1 heterocycles. The first-order valence-corrected chi connectivity index (χ1v) is 5.65. The van der Waals surface area contributed by atoms with E-state index in [2.05, 4.69) is 15.0 Å². The Balaban J connectivity index is 2.09. The van der Waals surface area contributed by atoms with E-state index in [0.29, 0.717) is 5.96 Å². The summed E-state index contributed by atoms with van der Waals surface area (Å²) < 4.78 is 3.02. The van der Waals surface area contributed by atoms with E-state index in [1.165, 1.54) is 11.9 Å². The number of rotatable bonds is 1. The van der Waals surface area contributed by atoms with Crippen LogP contribution in [0.25, 0.3) is 0 Å². The maximum atomic E-state index is 5.35. The van der Waals surface area contributed by atoms with Crippen molar-refractivity contribution in [3.63, 3.8) is 0 Å². The topological polar surface area (TPSA) is 62.4 Å². The smallest absolute Gasteiger partial charge is 0.209 e. The molecule has 0 radical (unpaired) electrons. The summed E-state index contributed by atoms with van der Waals surface area (Å²) in [6, 6.07) is 10.0. The molecule has 0 aliphatic carbocycles. The summed E-state index contributed by atoms with van der Waals surface area (Å²) in [6.45, 7) is 0. The van der Waals surface area contributed by atoms with Crippen molar-refractivity contribution in [2.75, 3.05) is 0 Å². The Bertz CT molecular complexity index is 390. The minimum absolute atomic E-state index is 0.0584. The van der Waals surface area contributed by atoms with Gasteiger partial charge in [0.15, 0.2) is 5.11 Å². The normalized spacial score (nSPS) is 19.2. The summed E-state index contributed by atoms with van der Waals surface area (Å²) in [7, 11) is 0. The number of nitrogens with zero attached hydrogens (tertiary/aromatic N) is 1. The summed E-state index contributed by atoms with van der Waals surface area (Å²) in [4.78, 5) is 4.39. The lowest BCUT2D eigenvalue weighted by Gasteiger charge is -2.03. The predicted molar refractivity (Wildman–Crippen MR) is 67.3 cm³/mol. The molecule has 78 valence electrons. The molecular weight excluding hydrogens is 228 g/mol. The molecule has 2 rings (SSSR count). The minimum atomic E-state index is 0.0584. The largest absolute Gasteiger partial charge is 0.376 e. The second-order valence-corrected chi connectivity index (χ2v) is 4.28. The maximum Gasteiger partial charge on any atom is 0.209 e. The van der Waals surface area contributed by atoms with Gasteiger partial charge in [0.2, 0.25) is 5.96 Å². The van der Waals surface area contributed by atoms with Crippen LogP contribution >= 0.6 is 24.2 Å². The number of benzene rings is 1. The SMILES string of the molecule is NC(=S)NC1=NC(c2ccccc2)SN1. The third kappa shape index (κ3) is 2.60. The van der Waals surface area contributed by atoms with Crippen LogP contribution in [-0.2, 0) is 0 Å². The summed E-state index contributed by atoms with van der Waals surface area (Å²) in [5.41, 5.74) is 6.49. The van der Waals surface area contributed by atoms with Gasteiger partial charge in [-0.15, -0.1) is 0 Å². The number of guanidine groups is 1. The molecule has 6 heteroatoms. The fourth-order valence-corrected chi connectivity index (χ4v) is 2.09. The summed E-state index contributed by atoms with van der Waals surface area (Å²) in [5.74, 6) is 0.612. The molecule has 1 unspecified atom stereocenters. The van der Waals surface area contributed by atoms with E-state index < -0.39 is 0 Å². The standard InChI is InChI=1S/C9H10N4S2/c10-8(14)12-9-11-7(15-13-9)6-4-2-1-3-5-6/h1-5,7H,(H4,10,11,12,13,14). The molecule has 0 saturated carbocycles. The summed E-state index contributed by atoms with van der Waals surface area (Å²) in [6.07, 6.45) is 0. The van der Waals surface area contributed by atoms with Gasteiger partial charge in [-0.1, -0.05) is 30.3 Å². The number of hydrogen-bond donors (Lipinski definition) is 3. The van der Waals surface area contributed by atoms with Crippen LogP contribution < -0.4 is 15.8 Å². The molecule has 15 heavy (non-hydrogen) atoms. The molecule has 1 aliphatic heterocycles. The molecule has 0 fully saturated rings. The molecule has 0 saturated heterocycles. The third-order valence-corrected chi connectivity index (χ3v) is 2.85. The van der Waals surface area contributed by atoms with Gasteiger partial charge < -0.3 is 11.1 Å². The van der Waals surface area contributed by atoms with Crippen molar-refractivity contribution in [3.05, 3.63) is 35.9 Å². The Morgan fingerprint density at radius 3 is 2.87 bits per heavy atom. The van der Waals surface area contributed by atoms with E-state index in [0.717, 1.165) is 5.56 Å². The van der Waals surface area contributed by atoms with Crippen LogP contribution in [0.1, 0.15) is 10.9 Å². The Labute approximate surface area is 97.5 Å². The predicted octanol–water partition coefficient (Wildman–Crippen LogP) is 1.13. The number of thiocarbonyl (C=S) groups is 1. The first-order chi connectivity index (χ1) is 7.25. The van der Waals surface area contributed by atoms with Gasteiger partial charge in [0.1, 0.15) is 5.37 Å². The van der Waals surface area contributed by atoms with Crippen LogP contribution in [0.2, 0.25) is 0 Å². The zero-order valence-electron chi connectivity index (χ0n) is 7.81. The van der Waals surface area contributed by atoms with Crippen molar-refractivity contribution in [1.82, 2.24) is 10.0 Å². The average Bonchev–Trinajstić information content (AvgIpc) is 2.67. The van der Waals surface area contributed by atoms with E-state index in [4.69, 9.17) is 18.0 Å². The van der Waals surface area contributed by atoms with Gasteiger partial charge in [-0.25, -0.2) is 4.99 Å². The van der Waals surface area contributed by atoms with Crippen LogP contribution in [-0.4, -0.2) is 11.1 Å². The third-order valence-electron chi connectivity index (χ3n) is 1.84. The fourth-order valence-electron chi connectivity index (χ4n) is 1.22. The van der Waals surface area contributed by atoms with Crippen molar-refractivity contribution in [2.24, 2.45) is 10.7 Å². The zero-order chi connectivity index (χ0) is 10.7. The van der Waals surface area contributed by atoms with E-state index in [1.807, 2.05) is 30.3 Å². The number of nitrogens with two attached hydrogens (primary N) is 1. The molecule has 0 aromatic heterocycles. The molecule has 4 nitrogen and oxygen atoms in total. The Morgan fingerprint density at radius 2 is 2.20 bits per heavy atom. The monoisotopic (exact) mass is 238 g/mol. The van der Waals surface area contributed by atoms with Gasteiger partial charge >= 0.3 is 0 Å². The minimum Gasteiger partial charge on any atom is -0.376 e. The molecule has 1 atom stereocenters. The maximum absolute atomic E-state index is 5.35. The van der Waals surface area contributed by atoms with Crippen molar-refractivity contribution < 1.29 is 0 Å². The molecule has 0 bridgehead atoms.